The molecule has 2 N–H and O–H groups in total. The van der Waals surface area contributed by atoms with Gasteiger partial charge >= 0.3 is 0 Å². The van der Waals surface area contributed by atoms with Crippen LogP contribution in [0.3, 0.4) is 0 Å². The van der Waals surface area contributed by atoms with Crippen molar-refractivity contribution in [1.82, 2.24) is 15.1 Å². The van der Waals surface area contributed by atoms with E-state index in [1.165, 1.54) is 12.5 Å². The van der Waals surface area contributed by atoms with Gasteiger partial charge in [-0.25, -0.2) is 0 Å². The average Bonchev–Trinajstić information content (AvgIpc) is 2.93. The summed E-state index contributed by atoms with van der Waals surface area (Å²) in [6, 6.07) is 10.00. The molecule has 0 radical (unpaired) electrons. The van der Waals surface area contributed by atoms with Crippen LogP contribution in [0, 0.1) is 0 Å². The molecule has 0 unspecified atom stereocenters. The lowest BCUT2D eigenvalue weighted by Gasteiger charge is -2.35. The van der Waals surface area contributed by atoms with Gasteiger partial charge in [0.1, 0.15) is 0 Å². The molecule has 1 aliphatic heterocycles. The monoisotopic (exact) mass is 417 g/mol. The zero-order chi connectivity index (χ0) is 21.6. The lowest BCUT2D eigenvalue weighted by Crippen LogP contribution is -2.49. The lowest BCUT2D eigenvalue weighted by molar-refractivity contribution is -0.136. The predicted molar refractivity (Wildman–Crippen MR) is 115 cm³/mol. The molecule has 1 aromatic rings. The van der Waals surface area contributed by atoms with E-state index in [9.17, 15) is 14.7 Å². The van der Waals surface area contributed by atoms with Crippen LogP contribution in [0.15, 0.2) is 30.3 Å². The Balaban J connectivity index is 1.71. The van der Waals surface area contributed by atoms with Crippen molar-refractivity contribution in [3.63, 3.8) is 0 Å². The Morgan fingerprint density at radius 1 is 1.20 bits per heavy atom. The third kappa shape index (κ3) is 5.59. The second kappa shape index (κ2) is 10.4. The zero-order valence-electron chi connectivity index (χ0n) is 18.2. The van der Waals surface area contributed by atoms with E-state index in [0.717, 1.165) is 25.9 Å². The van der Waals surface area contributed by atoms with Crippen molar-refractivity contribution in [2.45, 2.75) is 50.2 Å². The topological polar surface area (TPSA) is 82.1 Å². The number of carbonyl (C=O) groups is 2. The minimum atomic E-state index is -0.577. The smallest absolute Gasteiger partial charge is 0.236 e. The molecule has 166 valence electrons. The standard InChI is InChI=1S/C23H35N3O4/c1-18(27)24-17-23(19-6-4-3-5-7-19)10-8-20(21(28)9-11-23)25(2)22(29)16-26-12-14-30-15-13-26/h3-7,20-21,28H,8-17H2,1-2H3,(H,24,27)/t20-,21-,23+/m0/s1. The number of aliphatic hydroxyl groups is 1. The third-order valence-electron chi connectivity index (χ3n) is 6.70. The van der Waals surface area contributed by atoms with Gasteiger partial charge in [-0.1, -0.05) is 30.3 Å². The number of nitrogens with one attached hydrogen (secondary N) is 1. The molecule has 2 amide bonds. The van der Waals surface area contributed by atoms with E-state index >= 15 is 0 Å². The largest absolute Gasteiger partial charge is 0.391 e. The van der Waals surface area contributed by atoms with E-state index in [2.05, 4.69) is 22.3 Å². The molecule has 1 saturated carbocycles. The first-order chi connectivity index (χ1) is 14.4. The number of ether oxygens (including phenoxy) is 1. The summed E-state index contributed by atoms with van der Waals surface area (Å²) in [6.45, 7) is 5.28. The Hall–Kier alpha value is -1.96. The molecule has 1 aliphatic carbocycles. The summed E-state index contributed by atoms with van der Waals surface area (Å²) in [7, 11) is 1.81. The highest BCUT2D eigenvalue weighted by molar-refractivity contribution is 5.78. The van der Waals surface area contributed by atoms with Crippen LogP contribution in [-0.4, -0.2) is 85.3 Å². The van der Waals surface area contributed by atoms with Crippen molar-refractivity contribution in [2.75, 3.05) is 46.4 Å². The van der Waals surface area contributed by atoms with Crippen LogP contribution >= 0.6 is 0 Å². The van der Waals surface area contributed by atoms with Gasteiger partial charge in [-0.2, -0.15) is 0 Å². The van der Waals surface area contributed by atoms with Crippen molar-refractivity contribution >= 4 is 11.8 Å². The van der Waals surface area contributed by atoms with Gasteiger partial charge < -0.3 is 20.1 Å². The molecule has 0 bridgehead atoms. The number of hydrogen-bond donors (Lipinski definition) is 2. The summed E-state index contributed by atoms with van der Waals surface area (Å²) in [5, 5.41) is 13.9. The number of nitrogens with zero attached hydrogens (tertiary/aromatic N) is 2. The number of carbonyl (C=O) groups excluding carboxylic acids is 2. The number of hydrogen-bond acceptors (Lipinski definition) is 5. The Morgan fingerprint density at radius 2 is 1.87 bits per heavy atom. The Bertz CT molecular complexity index is 708. The number of rotatable bonds is 6. The number of likely N-dealkylation sites (N-methyl/N-ethyl adjacent to an activating group) is 1. The number of amides is 2. The highest BCUT2D eigenvalue weighted by atomic mass is 16.5. The predicted octanol–water partition coefficient (Wildman–Crippen LogP) is 1.15. The van der Waals surface area contributed by atoms with Gasteiger partial charge in [0.2, 0.25) is 11.8 Å². The van der Waals surface area contributed by atoms with Crippen molar-refractivity contribution in [3.05, 3.63) is 35.9 Å². The van der Waals surface area contributed by atoms with Gasteiger partial charge in [-0.15, -0.1) is 0 Å². The zero-order valence-corrected chi connectivity index (χ0v) is 18.2. The van der Waals surface area contributed by atoms with E-state index in [-0.39, 0.29) is 23.3 Å². The van der Waals surface area contributed by atoms with E-state index in [4.69, 9.17) is 4.74 Å². The molecule has 1 aromatic carbocycles. The quantitative estimate of drug-likeness (QED) is 0.679. The summed E-state index contributed by atoms with van der Waals surface area (Å²) in [6.07, 6.45) is 2.27. The fraction of sp³-hybridized carbons (Fsp3) is 0.652. The first-order valence-corrected chi connectivity index (χ1v) is 10.9. The lowest BCUT2D eigenvalue weighted by atomic mass is 9.74. The maximum Gasteiger partial charge on any atom is 0.236 e. The minimum absolute atomic E-state index is 0.0371. The Morgan fingerprint density at radius 3 is 2.53 bits per heavy atom. The summed E-state index contributed by atoms with van der Waals surface area (Å²) < 4.78 is 5.36. The molecule has 2 aliphatic rings. The molecule has 7 nitrogen and oxygen atoms in total. The van der Waals surface area contributed by atoms with Crippen LogP contribution in [0.5, 0.6) is 0 Å². The van der Waals surface area contributed by atoms with Gasteiger partial charge in [0.15, 0.2) is 0 Å². The van der Waals surface area contributed by atoms with Crippen LogP contribution in [0.4, 0.5) is 0 Å². The molecule has 0 aromatic heterocycles. The maximum absolute atomic E-state index is 12.9. The van der Waals surface area contributed by atoms with Gasteiger partial charge in [0.05, 0.1) is 31.9 Å². The summed E-state index contributed by atoms with van der Waals surface area (Å²) in [5.74, 6) is -0.0144. The SMILES string of the molecule is CC(=O)NC[C@]1(c2ccccc2)CC[C@H](O)[C@@H](N(C)C(=O)CN2CCOCC2)CC1. The molecule has 0 spiro atoms. The van der Waals surface area contributed by atoms with E-state index in [0.29, 0.717) is 39.1 Å². The molecule has 30 heavy (non-hydrogen) atoms. The fourth-order valence-electron chi connectivity index (χ4n) is 4.71. The third-order valence-corrected chi connectivity index (χ3v) is 6.70. The number of benzene rings is 1. The van der Waals surface area contributed by atoms with Crippen molar-refractivity contribution in [3.8, 4) is 0 Å². The first kappa shape index (κ1) is 22.7. The average molecular weight is 418 g/mol. The van der Waals surface area contributed by atoms with Gasteiger partial charge in [0.25, 0.3) is 0 Å². The Labute approximate surface area is 179 Å². The van der Waals surface area contributed by atoms with Gasteiger partial charge in [0, 0.05) is 39.0 Å². The van der Waals surface area contributed by atoms with Crippen LogP contribution in [-0.2, 0) is 19.7 Å². The number of aliphatic hydroxyl groups excluding tert-OH is 1. The molecular weight excluding hydrogens is 382 g/mol. The second-order valence-electron chi connectivity index (χ2n) is 8.66. The van der Waals surface area contributed by atoms with Crippen LogP contribution in [0.25, 0.3) is 0 Å². The highest BCUT2D eigenvalue weighted by Crippen LogP contribution is 2.39. The fourth-order valence-corrected chi connectivity index (χ4v) is 4.71. The first-order valence-electron chi connectivity index (χ1n) is 10.9. The van der Waals surface area contributed by atoms with Gasteiger partial charge in [-0.05, 0) is 31.2 Å². The van der Waals surface area contributed by atoms with Crippen molar-refractivity contribution < 1.29 is 19.4 Å². The van der Waals surface area contributed by atoms with Crippen molar-refractivity contribution in [1.29, 1.82) is 0 Å². The van der Waals surface area contributed by atoms with Crippen LogP contribution < -0.4 is 5.32 Å². The summed E-state index contributed by atoms with van der Waals surface area (Å²) in [4.78, 5) is 28.4. The summed E-state index contributed by atoms with van der Waals surface area (Å²) in [5.41, 5.74) is 0.936. The van der Waals surface area contributed by atoms with E-state index < -0.39 is 6.10 Å². The summed E-state index contributed by atoms with van der Waals surface area (Å²) >= 11 is 0. The molecule has 1 heterocycles. The second-order valence-corrected chi connectivity index (χ2v) is 8.66. The molecule has 3 atom stereocenters. The van der Waals surface area contributed by atoms with E-state index in [1.54, 1.807) is 11.9 Å². The molecular formula is C23H35N3O4. The maximum atomic E-state index is 12.9. The van der Waals surface area contributed by atoms with Crippen LogP contribution in [0.1, 0.15) is 38.2 Å². The molecule has 3 rings (SSSR count). The van der Waals surface area contributed by atoms with E-state index in [1.807, 2.05) is 18.2 Å². The highest BCUT2D eigenvalue weighted by Gasteiger charge is 2.40. The minimum Gasteiger partial charge on any atom is -0.391 e. The molecule has 2 fully saturated rings. The molecule has 7 heteroatoms. The molecule has 1 saturated heterocycles. The van der Waals surface area contributed by atoms with Gasteiger partial charge in [-0.3, -0.25) is 14.5 Å². The number of morpholine rings is 1. The van der Waals surface area contributed by atoms with Crippen molar-refractivity contribution in [2.24, 2.45) is 0 Å². The normalized spacial score (nSPS) is 27.8. The Kier molecular flexibility index (Phi) is 7.86. The van der Waals surface area contributed by atoms with Crippen LogP contribution in [0.2, 0.25) is 0 Å².